The fourth-order valence-corrected chi connectivity index (χ4v) is 2.16. The highest BCUT2D eigenvalue weighted by Crippen LogP contribution is 2.04. The summed E-state index contributed by atoms with van der Waals surface area (Å²) in [6, 6.07) is 1.93. The number of hydrogen-bond donors (Lipinski definition) is 2. The third kappa shape index (κ3) is 2.94. The van der Waals surface area contributed by atoms with E-state index in [1.807, 2.05) is 0 Å². The second kappa shape index (κ2) is 4.73. The molecule has 0 radical (unpaired) electrons. The molecule has 1 aliphatic heterocycles. The Hall–Kier alpha value is -0.640. The highest BCUT2D eigenvalue weighted by atomic mass is 32.2. The average Bonchev–Trinajstić information content (AvgIpc) is 2.66. The summed E-state index contributed by atoms with van der Waals surface area (Å²) in [5.74, 6) is 0. The maximum Gasteiger partial charge on any atom is 0.227 e. The summed E-state index contributed by atoms with van der Waals surface area (Å²) >= 11 is 0. The van der Waals surface area contributed by atoms with Gasteiger partial charge >= 0.3 is 0 Å². The van der Waals surface area contributed by atoms with E-state index in [9.17, 15) is 8.42 Å². The highest BCUT2D eigenvalue weighted by Gasteiger charge is 2.22. The number of sulfonamides is 1. The van der Waals surface area contributed by atoms with E-state index in [4.69, 9.17) is 5.26 Å². The molecule has 0 aromatic rings. The van der Waals surface area contributed by atoms with Crippen LogP contribution in [0.2, 0.25) is 0 Å². The molecule has 2 N–H and O–H groups in total. The van der Waals surface area contributed by atoms with Gasteiger partial charge in [-0.1, -0.05) is 0 Å². The molecule has 0 bridgehead atoms. The third-order valence-corrected chi connectivity index (χ3v) is 3.95. The summed E-state index contributed by atoms with van der Waals surface area (Å²) in [7, 11) is -3.45. The number of nitriles is 1. The van der Waals surface area contributed by atoms with Crippen molar-refractivity contribution in [3.05, 3.63) is 0 Å². The predicted octanol–water partition coefficient (Wildman–Crippen LogP) is -0.430. The smallest absolute Gasteiger partial charge is 0.227 e. The molecule has 2 atom stereocenters. The van der Waals surface area contributed by atoms with E-state index >= 15 is 0 Å². The first-order valence-electron chi connectivity index (χ1n) is 4.68. The van der Waals surface area contributed by atoms with Gasteiger partial charge < -0.3 is 5.32 Å². The van der Waals surface area contributed by atoms with Crippen LogP contribution in [0.25, 0.3) is 0 Å². The molecule has 1 fully saturated rings. The summed E-state index contributed by atoms with van der Waals surface area (Å²) in [5.41, 5.74) is 0. The minimum Gasteiger partial charge on any atom is -0.313 e. The van der Waals surface area contributed by atoms with Gasteiger partial charge in [0.15, 0.2) is 5.25 Å². The Morgan fingerprint density at radius 1 is 1.71 bits per heavy atom. The SMILES string of the molecule is CC(C#N)S(=O)(=O)NCC1CCCN1. The Kier molecular flexibility index (Phi) is 3.86. The normalized spacial score (nSPS) is 24.4. The number of nitrogens with one attached hydrogen (secondary N) is 2. The van der Waals surface area contributed by atoms with Crippen LogP contribution in [0, 0.1) is 11.3 Å². The van der Waals surface area contributed by atoms with E-state index in [-0.39, 0.29) is 6.04 Å². The molecule has 1 saturated heterocycles. The first-order valence-corrected chi connectivity index (χ1v) is 6.22. The van der Waals surface area contributed by atoms with Gasteiger partial charge in [-0.15, -0.1) is 0 Å². The number of rotatable bonds is 4. The molecule has 5 nitrogen and oxygen atoms in total. The van der Waals surface area contributed by atoms with E-state index in [0.29, 0.717) is 6.54 Å². The van der Waals surface area contributed by atoms with Crippen LogP contribution >= 0.6 is 0 Å². The van der Waals surface area contributed by atoms with Crippen LogP contribution in [0.3, 0.4) is 0 Å². The van der Waals surface area contributed by atoms with E-state index < -0.39 is 15.3 Å². The van der Waals surface area contributed by atoms with Crippen LogP contribution in [0.4, 0.5) is 0 Å². The number of nitrogens with zero attached hydrogens (tertiary/aromatic N) is 1. The zero-order chi connectivity index (χ0) is 10.6. The fourth-order valence-electron chi connectivity index (χ4n) is 1.34. The molecule has 0 aliphatic carbocycles. The Bertz CT molecular complexity index is 314. The third-order valence-electron chi connectivity index (χ3n) is 2.34. The lowest BCUT2D eigenvalue weighted by Gasteiger charge is -2.12. The second-order valence-corrected chi connectivity index (χ2v) is 5.54. The molecule has 1 rings (SSSR count). The molecule has 14 heavy (non-hydrogen) atoms. The monoisotopic (exact) mass is 217 g/mol. The van der Waals surface area contributed by atoms with Crippen molar-refractivity contribution >= 4 is 10.0 Å². The fraction of sp³-hybridized carbons (Fsp3) is 0.875. The minimum atomic E-state index is -3.45. The van der Waals surface area contributed by atoms with Gasteiger partial charge in [-0.3, -0.25) is 0 Å². The largest absolute Gasteiger partial charge is 0.313 e. The van der Waals surface area contributed by atoms with Gasteiger partial charge in [0.2, 0.25) is 10.0 Å². The highest BCUT2D eigenvalue weighted by molar-refractivity contribution is 7.90. The second-order valence-electron chi connectivity index (χ2n) is 3.46. The van der Waals surface area contributed by atoms with Gasteiger partial charge in [-0.25, -0.2) is 13.1 Å². The maximum absolute atomic E-state index is 11.4. The molecule has 0 amide bonds. The van der Waals surface area contributed by atoms with Gasteiger partial charge in [0, 0.05) is 12.6 Å². The zero-order valence-corrected chi connectivity index (χ0v) is 8.97. The molecule has 2 unspecified atom stereocenters. The van der Waals surface area contributed by atoms with Gasteiger partial charge in [0.1, 0.15) is 0 Å². The van der Waals surface area contributed by atoms with Crippen molar-refractivity contribution in [1.82, 2.24) is 10.0 Å². The van der Waals surface area contributed by atoms with Crippen molar-refractivity contribution in [1.29, 1.82) is 5.26 Å². The zero-order valence-electron chi connectivity index (χ0n) is 8.16. The Morgan fingerprint density at radius 2 is 2.43 bits per heavy atom. The topological polar surface area (TPSA) is 82.0 Å². The van der Waals surface area contributed by atoms with Crippen LogP contribution in [0.1, 0.15) is 19.8 Å². The average molecular weight is 217 g/mol. The van der Waals surface area contributed by atoms with Gasteiger partial charge in [0.25, 0.3) is 0 Å². The Morgan fingerprint density at radius 3 is 2.93 bits per heavy atom. The lowest BCUT2D eigenvalue weighted by atomic mass is 10.2. The van der Waals surface area contributed by atoms with Crippen LogP contribution in [-0.2, 0) is 10.0 Å². The van der Waals surface area contributed by atoms with Crippen molar-refractivity contribution in [3.8, 4) is 6.07 Å². The lowest BCUT2D eigenvalue weighted by molar-refractivity contribution is 0.549. The quantitative estimate of drug-likeness (QED) is 0.669. The van der Waals surface area contributed by atoms with Crippen molar-refractivity contribution in [3.63, 3.8) is 0 Å². The standard InChI is InChI=1S/C8H15N3O2S/c1-7(5-9)14(12,13)11-6-8-3-2-4-10-8/h7-8,10-11H,2-4,6H2,1H3. The van der Waals surface area contributed by atoms with E-state index in [0.717, 1.165) is 19.4 Å². The molecular weight excluding hydrogens is 202 g/mol. The van der Waals surface area contributed by atoms with Gasteiger partial charge in [0.05, 0.1) is 6.07 Å². The van der Waals surface area contributed by atoms with Gasteiger partial charge in [-0.05, 0) is 26.3 Å². The Labute approximate surface area is 84.5 Å². The van der Waals surface area contributed by atoms with Gasteiger partial charge in [-0.2, -0.15) is 5.26 Å². The molecule has 0 aromatic carbocycles. The Balaban J connectivity index is 2.40. The molecule has 80 valence electrons. The summed E-state index contributed by atoms with van der Waals surface area (Å²) < 4.78 is 25.2. The first-order chi connectivity index (χ1) is 6.56. The molecule has 6 heteroatoms. The van der Waals surface area contributed by atoms with Crippen LogP contribution in [0.15, 0.2) is 0 Å². The van der Waals surface area contributed by atoms with Crippen LogP contribution in [-0.4, -0.2) is 32.8 Å². The molecular formula is C8H15N3O2S. The molecule has 0 aromatic heterocycles. The molecule has 1 heterocycles. The summed E-state index contributed by atoms with van der Waals surface area (Å²) in [5, 5.41) is 10.7. The lowest BCUT2D eigenvalue weighted by Crippen LogP contribution is -2.40. The molecule has 0 saturated carbocycles. The summed E-state index contributed by atoms with van der Waals surface area (Å²) in [6.07, 6.45) is 2.07. The summed E-state index contributed by atoms with van der Waals surface area (Å²) in [4.78, 5) is 0. The predicted molar refractivity (Wildman–Crippen MR) is 53.0 cm³/mol. The van der Waals surface area contributed by atoms with E-state index in [1.54, 1.807) is 6.07 Å². The molecule has 0 spiro atoms. The van der Waals surface area contributed by atoms with Crippen molar-refractivity contribution in [2.45, 2.75) is 31.1 Å². The van der Waals surface area contributed by atoms with Crippen molar-refractivity contribution < 1.29 is 8.42 Å². The summed E-state index contributed by atoms with van der Waals surface area (Å²) in [6.45, 7) is 2.71. The van der Waals surface area contributed by atoms with E-state index in [2.05, 4.69) is 10.0 Å². The minimum absolute atomic E-state index is 0.218. The van der Waals surface area contributed by atoms with E-state index in [1.165, 1.54) is 6.92 Å². The number of hydrogen-bond acceptors (Lipinski definition) is 4. The first kappa shape index (κ1) is 11.4. The molecule has 1 aliphatic rings. The van der Waals surface area contributed by atoms with Crippen LogP contribution < -0.4 is 10.0 Å². The maximum atomic E-state index is 11.4. The van der Waals surface area contributed by atoms with Crippen molar-refractivity contribution in [2.75, 3.05) is 13.1 Å². The van der Waals surface area contributed by atoms with Crippen molar-refractivity contribution in [2.24, 2.45) is 0 Å². The van der Waals surface area contributed by atoms with Crippen LogP contribution in [0.5, 0.6) is 0 Å².